The molecule has 0 aliphatic carbocycles. The van der Waals surface area contributed by atoms with Crippen molar-refractivity contribution in [3.05, 3.63) is 35.9 Å². The predicted octanol–water partition coefficient (Wildman–Crippen LogP) is 4.33. The van der Waals surface area contributed by atoms with Crippen molar-refractivity contribution < 1.29 is 4.79 Å². The van der Waals surface area contributed by atoms with Crippen LogP contribution in [0.4, 0.5) is 0 Å². The quantitative estimate of drug-likeness (QED) is 0.687. The van der Waals surface area contributed by atoms with Gasteiger partial charge in [0.05, 0.1) is 0 Å². The van der Waals surface area contributed by atoms with E-state index in [-0.39, 0.29) is 11.2 Å². The van der Waals surface area contributed by atoms with Gasteiger partial charge < -0.3 is 0 Å². The van der Waals surface area contributed by atoms with Gasteiger partial charge >= 0.3 is 0 Å². The van der Waals surface area contributed by atoms with Gasteiger partial charge in [0, 0.05) is 12.0 Å². The number of carbonyl (C=O) groups is 1. The second-order valence-corrected chi connectivity index (χ2v) is 5.46. The van der Waals surface area contributed by atoms with E-state index in [1.807, 2.05) is 30.3 Å². The number of hydrogen-bond acceptors (Lipinski definition) is 1. The van der Waals surface area contributed by atoms with Gasteiger partial charge in [-0.2, -0.15) is 0 Å². The van der Waals surface area contributed by atoms with E-state index in [0.29, 0.717) is 12.3 Å². The van der Waals surface area contributed by atoms with E-state index in [0.717, 1.165) is 12.0 Å². The molecule has 0 fully saturated rings. The molecule has 0 radical (unpaired) electrons. The predicted molar refractivity (Wildman–Crippen MR) is 68.6 cm³/mol. The number of benzene rings is 1. The van der Waals surface area contributed by atoms with E-state index < -0.39 is 0 Å². The zero-order valence-corrected chi connectivity index (χ0v) is 10.8. The van der Waals surface area contributed by atoms with Crippen LogP contribution in [-0.2, 0) is 0 Å². The minimum absolute atomic E-state index is 0.208. The van der Waals surface area contributed by atoms with Crippen LogP contribution in [0.5, 0.6) is 0 Å². The molecule has 0 aliphatic rings. The molecule has 0 aliphatic heterocycles. The Morgan fingerprint density at radius 3 is 2.19 bits per heavy atom. The molecule has 0 unspecified atom stereocenters. The van der Waals surface area contributed by atoms with Crippen molar-refractivity contribution in [2.75, 3.05) is 0 Å². The molecular weight excluding hydrogens is 196 g/mol. The normalized spacial score (nSPS) is 13.5. The summed E-state index contributed by atoms with van der Waals surface area (Å²) in [6.07, 6.45) is 1.71. The SMILES string of the molecule is CC[C@@H](CC(=O)c1ccccc1)C(C)(C)C. The zero-order chi connectivity index (χ0) is 12.2. The summed E-state index contributed by atoms with van der Waals surface area (Å²) in [5.41, 5.74) is 1.05. The van der Waals surface area contributed by atoms with Crippen molar-refractivity contribution in [2.45, 2.75) is 40.5 Å². The van der Waals surface area contributed by atoms with E-state index in [1.54, 1.807) is 0 Å². The van der Waals surface area contributed by atoms with E-state index in [2.05, 4.69) is 27.7 Å². The summed E-state index contributed by atoms with van der Waals surface area (Å²) >= 11 is 0. The molecule has 0 spiro atoms. The van der Waals surface area contributed by atoms with E-state index in [1.165, 1.54) is 0 Å². The molecule has 1 heteroatoms. The fourth-order valence-corrected chi connectivity index (χ4v) is 2.03. The van der Waals surface area contributed by atoms with Crippen LogP contribution >= 0.6 is 0 Å². The highest BCUT2D eigenvalue weighted by atomic mass is 16.1. The van der Waals surface area contributed by atoms with E-state index >= 15 is 0 Å². The van der Waals surface area contributed by atoms with Crippen molar-refractivity contribution in [1.29, 1.82) is 0 Å². The molecular formula is C15H22O. The molecule has 1 aromatic rings. The summed E-state index contributed by atoms with van der Waals surface area (Å²) in [5, 5.41) is 0. The number of Topliss-reactive ketones (excluding diaryl/α,β-unsaturated/α-hetero) is 1. The zero-order valence-electron chi connectivity index (χ0n) is 10.8. The molecule has 0 saturated carbocycles. The Labute approximate surface area is 98.9 Å². The van der Waals surface area contributed by atoms with Crippen molar-refractivity contribution in [3.63, 3.8) is 0 Å². The summed E-state index contributed by atoms with van der Waals surface area (Å²) in [5.74, 6) is 0.725. The van der Waals surface area contributed by atoms with E-state index in [9.17, 15) is 4.79 Å². The molecule has 1 nitrogen and oxygen atoms in total. The first-order valence-corrected chi connectivity index (χ1v) is 6.03. The number of hydrogen-bond donors (Lipinski definition) is 0. The molecule has 1 atom stereocenters. The monoisotopic (exact) mass is 218 g/mol. The molecule has 0 bridgehead atoms. The second-order valence-electron chi connectivity index (χ2n) is 5.46. The Bertz CT molecular complexity index is 332. The van der Waals surface area contributed by atoms with Crippen LogP contribution in [0, 0.1) is 11.3 Å². The van der Waals surface area contributed by atoms with Gasteiger partial charge in [0.1, 0.15) is 0 Å². The minimum Gasteiger partial charge on any atom is -0.294 e. The fourth-order valence-electron chi connectivity index (χ4n) is 2.03. The first kappa shape index (κ1) is 13.0. The third-order valence-electron chi connectivity index (χ3n) is 3.25. The average Bonchev–Trinajstić information content (AvgIpc) is 2.25. The molecule has 0 saturated heterocycles. The maximum atomic E-state index is 12.1. The minimum atomic E-state index is 0.208. The maximum absolute atomic E-state index is 12.1. The molecule has 0 amide bonds. The Kier molecular flexibility index (Phi) is 4.28. The van der Waals surface area contributed by atoms with Crippen LogP contribution in [0.1, 0.15) is 50.9 Å². The number of carbonyl (C=O) groups excluding carboxylic acids is 1. The van der Waals surface area contributed by atoms with Gasteiger partial charge in [-0.3, -0.25) is 4.79 Å². The highest BCUT2D eigenvalue weighted by molar-refractivity contribution is 5.96. The molecule has 1 aromatic carbocycles. The van der Waals surface area contributed by atoms with Crippen LogP contribution < -0.4 is 0 Å². The van der Waals surface area contributed by atoms with Gasteiger partial charge in [-0.1, -0.05) is 64.4 Å². The van der Waals surface area contributed by atoms with Crippen LogP contribution in [0.3, 0.4) is 0 Å². The van der Waals surface area contributed by atoms with Crippen molar-refractivity contribution >= 4 is 5.78 Å². The third-order valence-corrected chi connectivity index (χ3v) is 3.25. The Balaban J connectivity index is 2.71. The van der Waals surface area contributed by atoms with Gasteiger partial charge in [-0.25, -0.2) is 0 Å². The molecule has 16 heavy (non-hydrogen) atoms. The first-order valence-electron chi connectivity index (χ1n) is 6.03. The number of ketones is 1. The standard InChI is InChI=1S/C15H22O/c1-5-13(15(2,3)4)11-14(16)12-9-7-6-8-10-12/h6-10,13H,5,11H2,1-4H3/t13-/m0/s1. The van der Waals surface area contributed by atoms with Gasteiger partial charge in [0.15, 0.2) is 5.78 Å². The summed E-state index contributed by atoms with van der Waals surface area (Å²) < 4.78 is 0. The molecule has 0 heterocycles. The Morgan fingerprint density at radius 2 is 1.75 bits per heavy atom. The largest absolute Gasteiger partial charge is 0.294 e. The van der Waals surface area contributed by atoms with Crippen LogP contribution in [0.15, 0.2) is 30.3 Å². The van der Waals surface area contributed by atoms with Crippen LogP contribution in [0.25, 0.3) is 0 Å². The third kappa shape index (κ3) is 3.48. The first-order chi connectivity index (χ1) is 7.45. The highest BCUT2D eigenvalue weighted by Gasteiger charge is 2.25. The molecule has 1 rings (SSSR count). The van der Waals surface area contributed by atoms with Crippen LogP contribution in [-0.4, -0.2) is 5.78 Å². The van der Waals surface area contributed by atoms with Gasteiger partial charge in [0.2, 0.25) is 0 Å². The van der Waals surface area contributed by atoms with Crippen molar-refractivity contribution in [3.8, 4) is 0 Å². The van der Waals surface area contributed by atoms with Crippen molar-refractivity contribution in [2.24, 2.45) is 11.3 Å². The summed E-state index contributed by atoms with van der Waals surface area (Å²) in [6, 6.07) is 9.59. The lowest BCUT2D eigenvalue weighted by molar-refractivity contribution is 0.0912. The molecule has 88 valence electrons. The lowest BCUT2D eigenvalue weighted by Gasteiger charge is -2.29. The van der Waals surface area contributed by atoms with Gasteiger partial charge in [-0.15, -0.1) is 0 Å². The topological polar surface area (TPSA) is 17.1 Å². The van der Waals surface area contributed by atoms with Crippen molar-refractivity contribution in [1.82, 2.24) is 0 Å². The highest BCUT2D eigenvalue weighted by Crippen LogP contribution is 2.32. The summed E-state index contributed by atoms with van der Waals surface area (Å²) in [6.45, 7) is 8.78. The lowest BCUT2D eigenvalue weighted by Crippen LogP contribution is -2.22. The lowest BCUT2D eigenvalue weighted by atomic mass is 9.76. The number of rotatable bonds is 4. The Hall–Kier alpha value is -1.11. The smallest absolute Gasteiger partial charge is 0.163 e. The van der Waals surface area contributed by atoms with Gasteiger partial charge in [0.25, 0.3) is 0 Å². The molecule has 0 N–H and O–H groups in total. The molecule has 0 aromatic heterocycles. The summed E-state index contributed by atoms with van der Waals surface area (Å²) in [4.78, 5) is 12.1. The average molecular weight is 218 g/mol. The van der Waals surface area contributed by atoms with E-state index in [4.69, 9.17) is 0 Å². The fraction of sp³-hybridized carbons (Fsp3) is 0.533. The summed E-state index contributed by atoms with van der Waals surface area (Å²) in [7, 11) is 0. The Morgan fingerprint density at radius 1 is 1.19 bits per heavy atom. The maximum Gasteiger partial charge on any atom is 0.163 e. The van der Waals surface area contributed by atoms with Crippen LogP contribution in [0.2, 0.25) is 0 Å². The second kappa shape index (κ2) is 5.29. The van der Waals surface area contributed by atoms with Gasteiger partial charge in [-0.05, 0) is 11.3 Å².